The second-order valence-electron chi connectivity index (χ2n) is 13.4. The fourth-order valence-electron chi connectivity index (χ4n) is 3.78. The van der Waals surface area contributed by atoms with Crippen molar-refractivity contribution in [3.63, 3.8) is 0 Å². The summed E-state index contributed by atoms with van der Waals surface area (Å²) in [5.41, 5.74) is 1.01. The highest BCUT2D eigenvalue weighted by Crippen LogP contribution is 2.15. The van der Waals surface area contributed by atoms with Crippen molar-refractivity contribution in [3.05, 3.63) is 101 Å². The molecule has 0 radical (unpaired) electrons. The van der Waals surface area contributed by atoms with Crippen molar-refractivity contribution < 1.29 is 47.6 Å². The Morgan fingerprint density at radius 3 is 0.923 bits per heavy atom. The molecule has 0 aliphatic carbocycles. The molecule has 11 heteroatoms. The predicted octanol–water partition coefficient (Wildman–Crippen LogP) is 8.66. The van der Waals surface area contributed by atoms with Crippen LogP contribution in [-0.4, -0.2) is 68.5 Å². The summed E-state index contributed by atoms with van der Waals surface area (Å²) in [6, 6.07) is 18.8. The molecule has 0 atom stereocenters. The lowest BCUT2D eigenvalue weighted by Gasteiger charge is -2.11. The van der Waals surface area contributed by atoms with Gasteiger partial charge in [-0.05, 0) is 72.9 Å². The summed E-state index contributed by atoms with van der Waals surface area (Å²) in [6.07, 6.45) is 6.06. The average molecular weight is 728 g/mol. The van der Waals surface area contributed by atoms with Gasteiger partial charge in [0.25, 0.3) is 0 Å². The zero-order valence-electron chi connectivity index (χ0n) is 32.0. The first kappa shape index (κ1) is 47.4. The summed E-state index contributed by atoms with van der Waals surface area (Å²) in [4.78, 5) is 51.7. The second-order valence-corrected chi connectivity index (χ2v) is 13.4. The molecule has 1 aromatic heterocycles. The molecule has 0 unspecified atom stereocenters. The van der Waals surface area contributed by atoms with Gasteiger partial charge in [-0.1, -0.05) is 85.7 Å². The van der Waals surface area contributed by atoms with E-state index in [0.29, 0.717) is 26.4 Å². The molecule has 0 amide bonds. The molecule has 10 nitrogen and oxygen atoms in total. The molecular formula is C41H58FNO9. The van der Waals surface area contributed by atoms with E-state index >= 15 is 0 Å². The fraction of sp³-hybridized carbons (Fsp3) is 0.488. The van der Waals surface area contributed by atoms with Gasteiger partial charge in [-0.25, -0.2) is 19.2 Å². The van der Waals surface area contributed by atoms with Gasteiger partial charge in [-0.2, -0.15) is 0 Å². The van der Waals surface area contributed by atoms with E-state index in [2.05, 4.69) is 4.98 Å². The Morgan fingerprint density at radius 2 is 0.769 bits per heavy atom. The molecule has 4 rings (SSSR count). The van der Waals surface area contributed by atoms with E-state index < -0.39 is 23.9 Å². The summed E-state index contributed by atoms with van der Waals surface area (Å²) in [5, 5.41) is 0. The molecule has 1 saturated heterocycles. The lowest BCUT2D eigenvalue weighted by molar-refractivity contribution is 0.0412. The Balaban J connectivity index is 0.000000758. The number of benzene rings is 2. The smallest absolute Gasteiger partial charge is 0.339 e. The highest BCUT2D eigenvalue weighted by molar-refractivity contribution is 6.03. The minimum absolute atomic E-state index is 0. The lowest BCUT2D eigenvalue weighted by Crippen LogP contribution is -2.17. The number of carbonyl (C=O) groups excluding carboxylic acids is 4. The van der Waals surface area contributed by atoms with Crippen molar-refractivity contribution in [1.82, 2.24) is 4.98 Å². The third-order valence-corrected chi connectivity index (χ3v) is 6.32. The monoisotopic (exact) mass is 727 g/mol. The van der Waals surface area contributed by atoms with Crippen molar-refractivity contribution in [2.45, 2.75) is 68.2 Å². The summed E-state index contributed by atoms with van der Waals surface area (Å²) in [5.74, 6) is -0.964. The van der Waals surface area contributed by atoms with Crippen LogP contribution < -0.4 is 0 Å². The fourth-order valence-corrected chi connectivity index (χ4v) is 3.78. The molecule has 0 spiro atoms. The van der Waals surface area contributed by atoms with E-state index in [9.17, 15) is 19.2 Å². The molecular weight excluding hydrogens is 669 g/mol. The normalized spacial score (nSPS) is 11.5. The van der Waals surface area contributed by atoms with E-state index in [-0.39, 0.29) is 50.6 Å². The van der Waals surface area contributed by atoms with Crippen LogP contribution in [0.25, 0.3) is 0 Å². The highest BCUT2D eigenvalue weighted by atomic mass is 19.0. The van der Waals surface area contributed by atoms with Gasteiger partial charge < -0.3 is 23.7 Å². The van der Waals surface area contributed by atoms with Crippen molar-refractivity contribution >= 4 is 23.9 Å². The molecule has 1 aliphatic rings. The maximum atomic E-state index is 12.0. The largest absolute Gasteiger partial charge is 0.462 e. The molecule has 2 aromatic carbocycles. The van der Waals surface area contributed by atoms with E-state index in [1.54, 1.807) is 60.9 Å². The maximum absolute atomic E-state index is 12.0. The molecule has 0 N–H and O–H groups in total. The average Bonchev–Trinajstić information content (AvgIpc) is 3.73. The number of halogens is 1. The van der Waals surface area contributed by atoms with E-state index in [4.69, 9.17) is 23.7 Å². The van der Waals surface area contributed by atoms with E-state index in [0.717, 1.165) is 13.2 Å². The van der Waals surface area contributed by atoms with Crippen LogP contribution in [-0.2, 0) is 23.7 Å². The van der Waals surface area contributed by atoms with Crippen LogP contribution in [0, 0.1) is 23.7 Å². The standard InChI is InChI=1S/2C16H22O4.C5H5N.C4H8O.FH/c2*1-11(2)9-19-15(17)13-7-5-6-8-14(13)16(18)20-10-12(3)4;1-2-4-6-5-3-1;1-2-4-5-3-1;/h2*5-8,11-12H,9-10H2,1-4H3;1-5H;1-4H2;1H. The molecule has 52 heavy (non-hydrogen) atoms. The van der Waals surface area contributed by atoms with Gasteiger partial charge >= 0.3 is 23.9 Å². The quantitative estimate of drug-likeness (QED) is 0.132. The third kappa shape index (κ3) is 21.5. The van der Waals surface area contributed by atoms with Crippen LogP contribution in [0.2, 0.25) is 0 Å². The molecule has 2 heterocycles. The SMILES string of the molecule is C1CCOC1.CC(C)COC(=O)c1ccccc1C(=O)OCC(C)C.CC(C)COC(=O)c1ccccc1C(=O)OCC(C)C.F.c1ccncc1. The van der Waals surface area contributed by atoms with Crippen LogP contribution >= 0.6 is 0 Å². The summed E-state index contributed by atoms with van der Waals surface area (Å²) < 4.78 is 25.6. The Bertz CT molecular complexity index is 1220. The van der Waals surface area contributed by atoms with Crippen LogP contribution in [0.1, 0.15) is 110 Å². The first-order chi connectivity index (χ1) is 24.3. The number of rotatable bonds is 12. The molecule has 0 saturated carbocycles. The number of pyridine rings is 1. The summed E-state index contributed by atoms with van der Waals surface area (Å²) in [7, 11) is 0. The zero-order valence-corrected chi connectivity index (χ0v) is 32.0. The first-order valence-electron chi connectivity index (χ1n) is 17.6. The van der Waals surface area contributed by atoms with E-state index in [1.165, 1.54) is 12.8 Å². The minimum Gasteiger partial charge on any atom is -0.462 e. The van der Waals surface area contributed by atoms with Gasteiger partial charge in [-0.3, -0.25) is 9.69 Å². The van der Waals surface area contributed by atoms with Gasteiger partial charge in [-0.15, -0.1) is 0 Å². The Hall–Kier alpha value is -4.64. The van der Waals surface area contributed by atoms with Crippen molar-refractivity contribution in [3.8, 4) is 0 Å². The molecule has 0 bridgehead atoms. The molecule has 3 aromatic rings. The van der Waals surface area contributed by atoms with Crippen LogP contribution in [0.15, 0.2) is 79.1 Å². The first-order valence-corrected chi connectivity index (χ1v) is 17.6. The number of hydrogen-bond donors (Lipinski definition) is 0. The predicted molar refractivity (Wildman–Crippen MR) is 200 cm³/mol. The summed E-state index contributed by atoms with van der Waals surface area (Å²) in [6.45, 7) is 18.9. The highest BCUT2D eigenvalue weighted by Gasteiger charge is 2.20. The van der Waals surface area contributed by atoms with Crippen LogP contribution in [0.5, 0.6) is 0 Å². The maximum Gasteiger partial charge on any atom is 0.339 e. The van der Waals surface area contributed by atoms with Gasteiger partial charge in [0, 0.05) is 25.6 Å². The molecule has 1 fully saturated rings. The summed E-state index contributed by atoms with van der Waals surface area (Å²) >= 11 is 0. The third-order valence-electron chi connectivity index (χ3n) is 6.32. The number of nitrogens with zero attached hydrogens (tertiary/aromatic N) is 1. The molecule has 1 aliphatic heterocycles. The zero-order chi connectivity index (χ0) is 38.0. The van der Waals surface area contributed by atoms with Crippen molar-refractivity contribution in [2.75, 3.05) is 39.6 Å². The van der Waals surface area contributed by atoms with E-state index in [1.807, 2.05) is 73.6 Å². The number of aromatic nitrogens is 1. The van der Waals surface area contributed by atoms with Gasteiger partial charge in [0.1, 0.15) is 0 Å². The Labute approximate surface area is 308 Å². The van der Waals surface area contributed by atoms with Crippen LogP contribution in [0.3, 0.4) is 0 Å². The van der Waals surface area contributed by atoms with Gasteiger partial charge in [0.05, 0.1) is 48.7 Å². The second kappa shape index (κ2) is 28.0. The van der Waals surface area contributed by atoms with Gasteiger partial charge in [0.2, 0.25) is 0 Å². The van der Waals surface area contributed by atoms with Crippen molar-refractivity contribution in [2.24, 2.45) is 23.7 Å². The van der Waals surface area contributed by atoms with Crippen molar-refractivity contribution in [1.29, 1.82) is 0 Å². The Morgan fingerprint density at radius 1 is 0.500 bits per heavy atom. The molecule has 288 valence electrons. The number of carbonyl (C=O) groups is 4. The Kier molecular flexibility index (Phi) is 25.5. The minimum atomic E-state index is -0.490. The number of esters is 4. The van der Waals surface area contributed by atoms with Crippen LogP contribution in [0.4, 0.5) is 4.70 Å². The lowest BCUT2D eigenvalue weighted by atomic mass is 10.1. The number of hydrogen-bond acceptors (Lipinski definition) is 10. The number of ether oxygens (including phenoxy) is 5. The topological polar surface area (TPSA) is 127 Å². The van der Waals surface area contributed by atoms with Gasteiger partial charge in [0.15, 0.2) is 0 Å².